The molecule has 1 saturated heterocycles. The minimum atomic E-state index is 0.407. The Morgan fingerprint density at radius 1 is 1.53 bits per heavy atom. The molecule has 17 heavy (non-hydrogen) atoms. The topological polar surface area (TPSA) is 60.2 Å². The van der Waals surface area contributed by atoms with E-state index in [1.165, 1.54) is 18.4 Å². The third-order valence-electron chi connectivity index (χ3n) is 3.48. The fourth-order valence-electron chi connectivity index (χ4n) is 2.56. The SMILES string of the molecule is COCCc1noc(C2=CCC3CCC2N3)n1. The Balaban J connectivity index is 1.75. The van der Waals surface area contributed by atoms with Gasteiger partial charge in [0.1, 0.15) is 0 Å². The van der Waals surface area contributed by atoms with Crippen LogP contribution in [0.4, 0.5) is 0 Å². The lowest BCUT2D eigenvalue weighted by molar-refractivity contribution is 0.199. The summed E-state index contributed by atoms with van der Waals surface area (Å²) in [5.74, 6) is 1.40. The Kier molecular flexibility index (Phi) is 2.94. The van der Waals surface area contributed by atoms with Crippen molar-refractivity contribution in [1.29, 1.82) is 0 Å². The van der Waals surface area contributed by atoms with Crippen LogP contribution in [0.3, 0.4) is 0 Å². The number of aromatic nitrogens is 2. The lowest BCUT2D eigenvalue weighted by Crippen LogP contribution is -2.33. The van der Waals surface area contributed by atoms with Gasteiger partial charge in [0.15, 0.2) is 5.82 Å². The second-order valence-electron chi connectivity index (χ2n) is 4.65. The van der Waals surface area contributed by atoms with Crippen LogP contribution < -0.4 is 5.32 Å². The summed E-state index contributed by atoms with van der Waals surface area (Å²) in [5.41, 5.74) is 1.18. The van der Waals surface area contributed by atoms with E-state index in [4.69, 9.17) is 9.26 Å². The van der Waals surface area contributed by atoms with Crippen LogP contribution in [0.1, 0.15) is 31.0 Å². The van der Waals surface area contributed by atoms with Crippen molar-refractivity contribution in [2.75, 3.05) is 13.7 Å². The number of fused-ring (bicyclic) bond motifs is 2. The van der Waals surface area contributed by atoms with Crippen LogP contribution in [-0.2, 0) is 11.2 Å². The molecule has 0 spiro atoms. The lowest BCUT2D eigenvalue weighted by atomic mass is 10.0. The first-order valence-electron chi connectivity index (χ1n) is 6.15. The standard InChI is InChI=1S/C12H17N3O2/c1-16-7-6-11-14-12(17-15-11)9-4-2-8-3-5-10(9)13-8/h4,8,10,13H,2-3,5-7H2,1H3. The van der Waals surface area contributed by atoms with Crippen LogP contribution in [0.5, 0.6) is 0 Å². The summed E-state index contributed by atoms with van der Waals surface area (Å²) in [6.07, 6.45) is 6.43. The molecule has 2 atom stereocenters. The summed E-state index contributed by atoms with van der Waals surface area (Å²) >= 11 is 0. The average molecular weight is 235 g/mol. The Morgan fingerprint density at radius 2 is 2.47 bits per heavy atom. The Morgan fingerprint density at radius 3 is 3.35 bits per heavy atom. The zero-order chi connectivity index (χ0) is 11.7. The molecule has 0 amide bonds. The summed E-state index contributed by atoms with van der Waals surface area (Å²) in [4.78, 5) is 4.42. The van der Waals surface area contributed by atoms with Crippen LogP contribution in [-0.4, -0.2) is 35.9 Å². The summed E-state index contributed by atoms with van der Waals surface area (Å²) in [7, 11) is 1.67. The van der Waals surface area contributed by atoms with Gasteiger partial charge < -0.3 is 14.6 Å². The van der Waals surface area contributed by atoms with Gasteiger partial charge in [0, 0.05) is 31.2 Å². The molecule has 1 aromatic rings. The molecule has 5 heteroatoms. The summed E-state index contributed by atoms with van der Waals surface area (Å²) < 4.78 is 10.3. The third-order valence-corrected chi connectivity index (χ3v) is 3.48. The smallest absolute Gasteiger partial charge is 0.255 e. The number of nitrogens with zero attached hydrogens (tertiary/aromatic N) is 2. The summed E-state index contributed by atoms with van der Waals surface area (Å²) in [5, 5.41) is 7.55. The monoisotopic (exact) mass is 235 g/mol. The number of methoxy groups -OCH3 is 1. The van der Waals surface area contributed by atoms with E-state index in [-0.39, 0.29) is 0 Å². The van der Waals surface area contributed by atoms with E-state index in [1.54, 1.807) is 7.11 Å². The van der Waals surface area contributed by atoms with Crippen LogP contribution in [0, 0.1) is 0 Å². The van der Waals surface area contributed by atoms with Crippen LogP contribution in [0.15, 0.2) is 10.6 Å². The highest BCUT2D eigenvalue weighted by Gasteiger charge is 2.32. The van der Waals surface area contributed by atoms with Crippen molar-refractivity contribution in [3.8, 4) is 0 Å². The maximum atomic E-state index is 5.33. The number of nitrogens with one attached hydrogen (secondary N) is 1. The van der Waals surface area contributed by atoms with Gasteiger partial charge >= 0.3 is 0 Å². The van der Waals surface area contributed by atoms with E-state index in [2.05, 4.69) is 21.5 Å². The molecule has 0 aromatic carbocycles. The highest BCUT2D eigenvalue weighted by atomic mass is 16.5. The largest absolute Gasteiger partial charge is 0.384 e. The van der Waals surface area contributed by atoms with Crippen molar-refractivity contribution in [3.63, 3.8) is 0 Å². The minimum absolute atomic E-state index is 0.407. The number of ether oxygens (including phenoxy) is 1. The minimum Gasteiger partial charge on any atom is -0.384 e. The third kappa shape index (κ3) is 2.12. The summed E-state index contributed by atoms with van der Waals surface area (Å²) in [6, 6.07) is 1.06. The van der Waals surface area contributed by atoms with Crippen LogP contribution in [0.2, 0.25) is 0 Å². The quantitative estimate of drug-likeness (QED) is 0.848. The number of rotatable bonds is 4. The van der Waals surface area contributed by atoms with E-state index in [1.807, 2.05) is 0 Å². The predicted octanol–water partition coefficient (Wildman–Crippen LogP) is 1.17. The molecule has 92 valence electrons. The molecule has 2 aliphatic heterocycles. The molecule has 2 unspecified atom stereocenters. The number of hydrogen-bond donors (Lipinski definition) is 1. The van der Waals surface area contributed by atoms with Crippen molar-refractivity contribution in [2.24, 2.45) is 0 Å². The number of hydrogen-bond acceptors (Lipinski definition) is 5. The molecule has 3 heterocycles. The molecule has 0 radical (unpaired) electrons. The van der Waals surface area contributed by atoms with Gasteiger partial charge in [-0.3, -0.25) is 0 Å². The van der Waals surface area contributed by atoms with Crippen LogP contribution in [0.25, 0.3) is 5.57 Å². The van der Waals surface area contributed by atoms with E-state index in [0.717, 1.165) is 12.2 Å². The first-order valence-corrected chi connectivity index (χ1v) is 6.15. The van der Waals surface area contributed by atoms with Gasteiger partial charge in [-0.2, -0.15) is 4.98 Å². The van der Waals surface area contributed by atoms with Crippen molar-refractivity contribution < 1.29 is 9.26 Å². The van der Waals surface area contributed by atoms with E-state index >= 15 is 0 Å². The van der Waals surface area contributed by atoms with Gasteiger partial charge in [-0.05, 0) is 19.3 Å². The first kappa shape index (κ1) is 10.9. The fourth-order valence-corrected chi connectivity index (χ4v) is 2.56. The molecule has 5 nitrogen and oxygen atoms in total. The molecule has 2 bridgehead atoms. The Hall–Kier alpha value is -1.20. The molecule has 3 rings (SSSR count). The van der Waals surface area contributed by atoms with Gasteiger partial charge in [-0.1, -0.05) is 11.2 Å². The summed E-state index contributed by atoms with van der Waals surface area (Å²) in [6.45, 7) is 0.627. The second kappa shape index (κ2) is 4.58. The lowest BCUT2D eigenvalue weighted by Gasteiger charge is -2.19. The van der Waals surface area contributed by atoms with Crippen molar-refractivity contribution >= 4 is 5.57 Å². The van der Waals surface area contributed by atoms with E-state index in [0.29, 0.717) is 31.0 Å². The van der Waals surface area contributed by atoms with E-state index in [9.17, 15) is 0 Å². The molecule has 0 saturated carbocycles. The first-order chi connectivity index (χ1) is 8.36. The van der Waals surface area contributed by atoms with Crippen molar-refractivity contribution in [2.45, 2.75) is 37.8 Å². The zero-order valence-corrected chi connectivity index (χ0v) is 9.98. The van der Waals surface area contributed by atoms with Gasteiger partial charge in [0.2, 0.25) is 0 Å². The molecule has 1 fully saturated rings. The molecular formula is C12H17N3O2. The van der Waals surface area contributed by atoms with Crippen molar-refractivity contribution in [1.82, 2.24) is 15.5 Å². The fraction of sp³-hybridized carbons (Fsp3) is 0.667. The molecule has 2 aliphatic rings. The van der Waals surface area contributed by atoms with E-state index < -0.39 is 0 Å². The molecule has 0 aliphatic carbocycles. The highest BCUT2D eigenvalue weighted by Crippen LogP contribution is 2.31. The predicted molar refractivity (Wildman–Crippen MR) is 62.4 cm³/mol. The average Bonchev–Trinajstić information content (AvgIpc) is 2.96. The Labute approximate surface area is 100 Å². The maximum Gasteiger partial charge on any atom is 0.255 e. The molecule has 1 aromatic heterocycles. The maximum absolute atomic E-state index is 5.33. The Bertz CT molecular complexity index is 427. The van der Waals surface area contributed by atoms with Crippen LogP contribution >= 0.6 is 0 Å². The molecule has 1 N–H and O–H groups in total. The highest BCUT2D eigenvalue weighted by molar-refractivity contribution is 5.65. The van der Waals surface area contributed by atoms with Gasteiger partial charge in [0.05, 0.1) is 6.61 Å². The normalized spacial score (nSPS) is 27.2. The van der Waals surface area contributed by atoms with Gasteiger partial charge in [0.25, 0.3) is 5.89 Å². The zero-order valence-electron chi connectivity index (χ0n) is 9.98. The van der Waals surface area contributed by atoms with Gasteiger partial charge in [-0.25, -0.2) is 0 Å². The van der Waals surface area contributed by atoms with Crippen molar-refractivity contribution in [3.05, 3.63) is 17.8 Å². The second-order valence-corrected chi connectivity index (χ2v) is 4.65. The molecular weight excluding hydrogens is 218 g/mol. The van der Waals surface area contributed by atoms with Gasteiger partial charge in [-0.15, -0.1) is 0 Å².